The van der Waals surface area contributed by atoms with Crippen molar-refractivity contribution in [3.63, 3.8) is 0 Å². The molecule has 1 amide bonds. The third-order valence-electron chi connectivity index (χ3n) is 6.05. The number of rotatable bonds is 6. The van der Waals surface area contributed by atoms with E-state index in [4.69, 9.17) is 10.1 Å². The number of benzene rings is 2. The van der Waals surface area contributed by atoms with Crippen LogP contribution in [0.2, 0.25) is 0 Å². The number of nitrogens with one attached hydrogen (secondary N) is 1. The van der Waals surface area contributed by atoms with E-state index in [1.807, 2.05) is 89.2 Å². The molecule has 0 radical (unpaired) electrons. The number of carbonyl (C=O) groups is 1. The molecule has 3 heterocycles. The Kier molecular flexibility index (Phi) is 5.72. The molecule has 0 fully saturated rings. The van der Waals surface area contributed by atoms with Gasteiger partial charge in [0.2, 0.25) is 0 Å². The Hall–Kier alpha value is -4.19. The minimum atomic E-state index is -0.111. The van der Waals surface area contributed by atoms with Crippen molar-refractivity contribution in [3.8, 4) is 5.82 Å². The Labute approximate surface area is 198 Å². The van der Waals surface area contributed by atoms with E-state index in [1.54, 1.807) is 0 Å². The number of aromatic nitrogens is 4. The Morgan fingerprint density at radius 3 is 2.44 bits per heavy atom. The normalized spacial score (nSPS) is 11.1. The summed E-state index contributed by atoms with van der Waals surface area (Å²) < 4.78 is 3.96. The second-order valence-corrected chi connectivity index (χ2v) is 8.51. The van der Waals surface area contributed by atoms with Crippen LogP contribution >= 0.6 is 0 Å². The summed E-state index contributed by atoms with van der Waals surface area (Å²) in [6.07, 6.45) is 4.86. The van der Waals surface area contributed by atoms with Crippen LogP contribution in [0.5, 0.6) is 0 Å². The van der Waals surface area contributed by atoms with E-state index in [9.17, 15) is 4.79 Å². The smallest absolute Gasteiger partial charge is 0.255 e. The van der Waals surface area contributed by atoms with Gasteiger partial charge in [0.05, 0.1) is 11.9 Å². The summed E-state index contributed by atoms with van der Waals surface area (Å²) in [5.41, 5.74) is 6.62. The van der Waals surface area contributed by atoms with Gasteiger partial charge in [0, 0.05) is 29.3 Å². The average Bonchev–Trinajstić information content (AvgIpc) is 3.48. The van der Waals surface area contributed by atoms with Gasteiger partial charge in [0.1, 0.15) is 0 Å². The fourth-order valence-corrected chi connectivity index (χ4v) is 4.34. The first kappa shape index (κ1) is 21.6. The summed E-state index contributed by atoms with van der Waals surface area (Å²) in [6, 6.07) is 21.6. The van der Waals surface area contributed by atoms with Gasteiger partial charge in [-0.1, -0.05) is 37.3 Å². The Morgan fingerprint density at radius 2 is 1.71 bits per heavy atom. The summed E-state index contributed by atoms with van der Waals surface area (Å²) in [4.78, 5) is 17.6. The number of amides is 1. The van der Waals surface area contributed by atoms with Crippen molar-refractivity contribution in [3.05, 3.63) is 107 Å². The van der Waals surface area contributed by atoms with Crippen molar-refractivity contribution in [1.82, 2.24) is 19.3 Å². The number of fused-ring (bicyclic) bond motifs is 1. The first-order valence-corrected chi connectivity index (χ1v) is 11.5. The predicted octanol–water partition coefficient (Wildman–Crippen LogP) is 5.70. The standard InChI is InChI=1S/C28H27N5O/c1-4-22-9-5-6-10-24(22)30-28(34)23-13-11-21(12-14-23)18-33-26-25(19(2)17-20(3)29-26)27(31-33)32-15-7-8-16-32/h5-17H,4,18H2,1-3H3,(H,30,34). The molecular weight excluding hydrogens is 422 g/mol. The van der Waals surface area contributed by atoms with Crippen molar-refractivity contribution in [2.45, 2.75) is 33.7 Å². The maximum atomic E-state index is 12.8. The van der Waals surface area contributed by atoms with Gasteiger partial charge in [0.25, 0.3) is 5.91 Å². The lowest BCUT2D eigenvalue weighted by Crippen LogP contribution is -2.13. The van der Waals surface area contributed by atoms with Gasteiger partial charge in [-0.15, -0.1) is 0 Å². The number of hydrogen-bond acceptors (Lipinski definition) is 3. The van der Waals surface area contributed by atoms with E-state index >= 15 is 0 Å². The molecule has 0 aliphatic heterocycles. The third kappa shape index (κ3) is 4.10. The number of carbonyl (C=O) groups excluding carboxylic acids is 1. The molecule has 0 atom stereocenters. The lowest BCUT2D eigenvalue weighted by atomic mass is 10.1. The minimum Gasteiger partial charge on any atom is -0.322 e. The average molecular weight is 450 g/mol. The molecule has 0 aliphatic carbocycles. The topological polar surface area (TPSA) is 64.7 Å². The highest BCUT2D eigenvalue weighted by atomic mass is 16.1. The van der Waals surface area contributed by atoms with E-state index < -0.39 is 0 Å². The van der Waals surface area contributed by atoms with Crippen molar-refractivity contribution in [2.24, 2.45) is 0 Å². The second-order valence-electron chi connectivity index (χ2n) is 8.51. The van der Waals surface area contributed by atoms with Crippen molar-refractivity contribution >= 4 is 22.6 Å². The van der Waals surface area contributed by atoms with Gasteiger partial charge in [0.15, 0.2) is 11.5 Å². The first-order valence-electron chi connectivity index (χ1n) is 11.5. The van der Waals surface area contributed by atoms with Crippen molar-refractivity contribution < 1.29 is 4.79 Å². The highest BCUT2D eigenvalue weighted by Gasteiger charge is 2.16. The Bertz CT molecular complexity index is 1460. The van der Waals surface area contributed by atoms with Crippen molar-refractivity contribution in [2.75, 3.05) is 5.32 Å². The number of para-hydroxylation sites is 1. The molecule has 2 aromatic carbocycles. The molecule has 0 saturated carbocycles. The van der Waals surface area contributed by atoms with E-state index in [1.165, 1.54) is 0 Å². The number of pyridine rings is 1. The Balaban J connectivity index is 1.42. The van der Waals surface area contributed by atoms with Crippen LogP contribution in [0, 0.1) is 13.8 Å². The minimum absolute atomic E-state index is 0.111. The van der Waals surface area contributed by atoms with Crippen LogP contribution in [0.4, 0.5) is 5.69 Å². The van der Waals surface area contributed by atoms with Gasteiger partial charge in [-0.3, -0.25) is 4.79 Å². The molecule has 0 saturated heterocycles. The zero-order valence-corrected chi connectivity index (χ0v) is 19.6. The third-order valence-corrected chi connectivity index (χ3v) is 6.05. The van der Waals surface area contributed by atoms with Crippen molar-refractivity contribution in [1.29, 1.82) is 0 Å². The lowest BCUT2D eigenvalue weighted by Gasteiger charge is -2.10. The summed E-state index contributed by atoms with van der Waals surface area (Å²) >= 11 is 0. The molecule has 34 heavy (non-hydrogen) atoms. The predicted molar refractivity (Wildman–Crippen MR) is 136 cm³/mol. The van der Waals surface area contributed by atoms with E-state index in [-0.39, 0.29) is 5.91 Å². The van der Waals surface area contributed by atoms with E-state index in [0.29, 0.717) is 12.1 Å². The monoisotopic (exact) mass is 449 g/mol. The molecule has 3 aromatic heterocycles. The van der Waals surface area contributed by atoms with Gasteiger partial charge < -0.3 is 9.88 Å². The van der Waals surface area contributed by atoms with E-state index in [2.05, 4.69) is 25.2 Å². The van der Waals surface area contributed by atoms with Crippen LogP contribution in [0.1, 0.15) is 39.7 Å². The summed E-state index contributed by atoms with van der Waals surface area (Å²) in [5.74, 6) is 0.760. The van der Waals surface area contributed by atoms with Crippen LogP contribution in [0.25, 0.3) is 16.9 Å². The summed E-state index contributed by atoms with van der Waals surface area (Å²) in [6.45, 7) is 6.75. The van der Waals surface area contributed by atoms with Crippen LogP contribution in [-0.2, 0) is 13.0 Å². The molecular formula is C28H27N5O. The van der Waals surface area contributed by atoms with Crippen LogP contribution in [0.15, 0.2) is 79.1 Å². The molecule has 5 rings (SSSR count). The number of nitrogens with zero attached hydrogens (tertiary/aromatic N) is 4. The zero-order valence-electron chi connectivity index (χ0n) is 19.6. The van der Waals surface area contributed by atoms with Gasteiger partial charge >= 0.3 is 0 Å². The number of anilines is 1. The fourth-order valence-electron chi connectivity index (χ4n) is 4.34. The van der Waals surface area contributed by atoms with Gasteiger partial charge in [-0.2, -0.15) is 5.10 Å². The lowest BCUT2D eigenvalue weighted by molar-refractivity contribution is 0.102. The maximum Gasteiger partial charge on any atom is 0.255 e. The zero-order chi connectivity index (χ0) is 23.7. The first-order chi connectivity index (χ1) is 16.5. The van der Waals surface area contributed by atoms with E-state index in [0.717, 1.165) is 51.3 Å². The molecule has 5 aromatic rings. The molecule has 1 N–H and O–H groups in total. The molecule has 0 unspecified atom stereocenters. The van der Waals surface area contributed by atoms with Crippen LogP contribution in [0.3, 0.4) is 0 Å². The molecule has 0 aliphatic rings. The molecule has 0 spiro atoms. The largest absolute Gasteiger partial charge is 0.322 e. The SMILES string of the molecule is CCc1ccccc1NC(=O)c1ccc(Cn2nc(-n3cccc3)c3c(C)cc(C)nc32)cc1. The quantitative estimate of drug-likeness (QED) is 0.362. The van der Waals surface area contributed by atoms with Gasteiger partial charge in [-0.05, 0) is 73.4 Å². The van der Waals surface area contributed by atoms with Gasteiger partial charge in [-0.25, -0.2) is 9.67 Å². The molecule has 6 nitrogen and oxygen atoms in total. The maximum absolute atomic E-state index is 12.8. The second kappa shape index (κ2) is 8.98. The highest BCUT2D eigenvalue weighted by Crippen LogP contribution is 2.26. The molecule has 0 bridgehead atoms. The number of aryl methyl sites for hydroxylation is 3. The number of hydrogen-bond donors (Lipinski definition) is 1. The molecule has 6 heteroatoms. The summed E-state index contributed by atoms with van der Waals surface area (Å²) in [7, 11) is 0. The highest BCUT2D eigenvalue weighted by molar-refractivity contribution is 6.04. The fraction of sp³-hybridized carbons (Fsp3) is 0.179. The van der Waals surface area contributed by atoms with Crippen LogP contribution in [-0.4, -0.2) is 25.2 Å². The van der Waals surface area contributed by atoms with Crippen LogP contribution < -0.4 is 5.32 Å². The Morgan fingerprint density at radius 1 is 0.971 bits per heavy atom. The summed E-state index contributed by atoms with van der Waals surface area (Å²) in [5, 5.41) is 8.98. The molecule has 170 valence electrons.